The largest absolute Gasteiger partial charge is 0.309 e. The topological polar surface area (TPSA) is 12.0 Å². The molecule has 0 aliphatic rings. The Morgan fingerprint density at radius 2 is 1.70 bits per heavy atom. The molecule has 1 rings (SSSR count). The molecule has 0 aromatic heterocycles. The fourth-order valence-electron chi connectivity index (χ4n) is 2.26. The van der Waals surface area contributed by atoms with Crippen LogP contribution in [0.1, 0.15) is 58.2 Å². The number of nitrogens with one attached hydrogen (secondary N) is 1. The highest BCUT2D eigenvalue weighted by Gasteiger charge is 2.19. The molecule has 0 saturated heterocycles. The fraction of sp³-hybridized carbons (Fsp3) is 0.667. The Bertz CT molecular complexity index is 358. The molecule has 0 aliphatic carbocycles. The molecule has 0 radical (unpaired) electrons. The lowest BCUT2D eigenvalue weighted by Crippen LogP contribution is -2.29. The minimum atomic E-state index is 0.463. The molecular formula is C18H31NS. The Morgan fingerprint density at radius 3 is 2.20 bits per heavy atom. The van der Waals surface area contributed by atoms with E-state index in [0.717, 1.165) is 18.9 Å². The van der Waals surface area contributed by atoms with Crippen LogP contribution in [0, 0.1) is 5.92 Å². The molecule has 0 aliphatic heterocycles. The van der Waals surface area contributed by atoms with Gasteiger partial charge in [0.1, 0.15) is 0 Å². The first-order valence-electron chi connectivity index (χ1n) is 8.02. The number of aryl methyl sites for hydroxylation is 1. The van der Waals surface area contributed by atoms with Crippen LogP contribution in [0.4, 0.5) is 0 Å². The third-order valence-electron chi connectivity index (χ3n) is 3.52. The van der Waals surface area contributed by atoms with Crippen LogP contribution >= 0.6 is 11.8 Å². The lowest BCUT2D eigenvalue weighted by atomic mass is 10.0. The van der Waals surface area contributed by atoms with Gasteiger partial charge in [0.15, 0.2) is 0 Å². The molecule has 0 heterocycles. The van der Waals surface area contributed by atoms with Crippen molar-refractivity contribution in [3.63, 3.8) is 0 Å². The summed E-state index contributed by atoms with van der Waals surface area (Å²) in [6, 6.07) is 9.62. The molecule has 114 valence electrons. The van der Waals surface area contributed by atoms with E-state index < -0.39 is 0 Å². The van der Waals surface area contributed by atoms with Gasteiger partial charge < -0.3 is 5.32 Å². The maximum absolute atomic E-state index is 3.73. The van der Waals surface area contributed by atoms with Gasteiger partial charge in [0.05, 0.1) is 0 Å². The zero-order valence-corrected chi connectivity index (χ0v) is 14.6. The van der Waals surface area contributed by atoms with Crippen LogP contribution in [0.15, 0.2) is 24.3 Å². The monoisotopic (exact) mass is 293 g/mol. The van der Waals surface area contributed by atoms with Gasteiger partial charge in [-0.3, -0.25) is 0 Å². The Labute approximate surface area is 129 Å². The Hall–Kier alpha value is -0.470. The van der Waals surface area contributed by atoms with E-state index >= 15 is 0 Å². The fourth-order valence-corrected chi connectivity index (χ4v) is 3.39. The SMILES string of the molecule is CCCNC(c1ccc(CC)cc1)C(C)SCC(C)C. The number of hydrogen-bond acceptors (Lipinski definition) is 2. The molecular weight excluding hydrogens is 262 g/mol. The summed E-state index contributed by atoms with van der Waals surface area (Å²) in [5, 5.41) is 4.33. The zero-order valence-electron chi connectivity index (χ0n) is 13.8. The van der Waals surface area contributed by atoms with Crippen LogP contribution in [0.3, 0.4) is 0 Å². The third-order valence-corrected chi connectivity index (χ3v) is 5.18. The Morgan fingerprint density at radius 1 is 1.05 bits per heavy atom. The van der Waals surface area contributed by atoms with Crippen molar-refractivity contribution < 1.29 is 0 Å². The van der Waals surface area contributed by atoms with Gasteiger partial charge in [0.2, 0.25) is 0 Å². The van der Waals surface area contributed by atoms with Gasteiger partial charge in [-0.25, -0.2) is 0 Å². The molecule has 2 heteroatoms. The highest BCUT2D eigenvalue weighted by Crippen LogP contribution is 2.28. The minimum Gasteiger partial charge on any atom is -0.309 e. The summed E-state index contributed by atoms with van der Waals surface area (Å²) in [6.45, 7) is 12.5. The molecule has 0 saturated carbocycles. The average Bonchev–Trinajstić information content (AvgIpc) is 2.46. The predicted octanol–water partition coefficient (Wildman–Crippen LogP) is 5.07. The van der Waals surface area contributed by atoms with Crippen molar-refractivity contribution in [1.82, 2.24) is 5.32 Å². The zero-order chi connectivity index (χ0) is 15.0. The van der Waals surface area contributed by atoms with Gasteiger partial charge in [-0.05, 0) is 42.2 Å². The standard InChI is InChI=1S/C18H31NS/c1-6-12-19-18(15(5)20-13-14(3)4)17-10-8-16(7-2)9-11-17/h8-11,14-15,18-19H,6-7,12-13H2,1-5H3. The second-order valence-electron chi connectivity index (χ2n) is 5.96. The van der Waals surface area contributed by atoms with Crippen molar-refractivity contribution in [3.05, 3.63) is 35.4 Å². The summed E-state index contributed by atoms with van der Waals surface area (Å²) in [5.41, 5.74) is 2.85. The minimum absolute atomic E-state index is 0.463. The molecule has 0 amide bonds. The molecule has 0 fully saturated rings. The van der Waals surface area contributed by atoms with E-state index in [2.05, 4.69) is 76.0 Å². The van der Waals surface area contributed by atoms with Crippen molar-refractivity contribution in [1.29, 1.82) is 0 Å². The Balaban J connectivity index is 2.75. The van der Waals surface area contributed by atoms with Gasteiger partial charge in [0, 0.05) is 11.3 Å². The number of benzene rings is 1. The van der Waals surface area contributed by atoms with Crippen LogP contribution in [-0.4, -0.2) is 17.5 Å². The maximum atomic E-state index is 3.73. The van der Waals surface area contributed by atoms with Gasteiger partial charge in [-0.15, -0.1) is 0 Å². The van der Waals surface area contributed by atoms with Gasteiger partial charge in [-0.1, -0.05) is 58.9 Å². The lowest BCUT2D eigenvalue weighted by Gasteiger charge is -2.26. The molecule has 1 N–H and O–H groups in total. The van der Waals surface area contributed by atoms with E-state index in [-0.39, 0.29) is 0 Å². The smallest absolute Gasteiger partial charge is 0.0437 e. The highest BCUT2D eigenvalue weighted by molar-refractivity contribution is 7.99. The Kier molecular flexibility index (Phi) is 8.32. The van der Waals surface area contributed by atoms with Crippen molar-refractivity contribution in [2.75, 3.05) is 12.3 Å². The van der Waals surface area contributed by atoms with Crippen LogP contribution < -0.4 is 5.32 Å². The van der Waals surface area contributed by atoms with Crippen LogP contribution in [0.2, 0.25) is 0 Å². The quantitative estimate of drug-likeness (QED) is 0.682. The van der Waals surface area contributed by atoms with Gasteiger partial charge >= 0.3 is 0 Å². The van der Waals surface area contributed by atoms with E-state index in [1.807, 2.05) is 0 Å². The summed E-state index contributed by atoms with van der Waals surface area (Å²) in [4.78, 5) is 0. The summed E-state index contributed by atoms with van der Waals surface area (Å²) in [5.74, 6) is 2.00. The average molecular weight is 294 g/mol. The van der Waals surface area contributed by atoms with Crippen LogP contribution in [0.5, 0.6) is 0 Å². The molecule has 0 spiro atoms. The van der Waals surface area contributed by atoms with Crippen LogP contribution in [-0.2, 0) is 6.42 Å². The van der Waals surface area contributed by atoms with E-state index in [1.165, 1.54) is 23.3 Å². The number of rotatable bonds is 9. The van der Waals surface area contributed by atoms with Gasteiger partial charge in [0.25, 0.3) is 0 Å². The third kappa shape index (κ3) is 5.88. The summed E-state index contributed by atoms with van der Waals surface area (Å²) in [6.07, 6.45) is 2.30. The molecule has 1 aromatic rings. The van der Waals surface area contributed by atoms with Crippen molar-refractivity contribution in [2.24, 2.45) is 5.92 Å². The normalized spacial score (nSPS) is 14.5. The molecule has 1 aromatic carbocycles. The summed E-state index contributed by atoms with van der Waals surface area (Å²) in [7, 11) is 0. The number of thioether (sulfide) groups is 1. The molecule has 0 bridgehead atoms. The van der Waals surface area contributed by atoms with E-state index in [0.29, 0.717) is 11.3 Å². The van der Waals surface area contributed by atoms with E-state index in [9.17, 15) is 0 Å². The predicted molar refractivity (Wildman–Crippen MR) is 93.6 cm³/mol. The lowest BCUT2D eigenvalue weighted by molar-refractivity contribution is 0.527. The van der Waals surface area contributed by atoms with E-state index in [4.69, 9.17) is 0 Å². The summed E-state index contributed by atoms with van der Waals surface area (Å²) >= 11 is 2.09. The first kappa shape index (κ1) is 17.6. The summed E-state index contributed by atoms with van der Waals surface area (Å²) < 4.78 is 0. The molecule has 1 nitrogen and oxygen atoms in total. The van der Waals surface area contributed by atoms with Gasteiger partial charge in [-0.2, -0.15) is 11.8 Å². The molecule has 2 unspecified atom stereocenters. The van der Waals surface area contributed by atoms with Crippen molar-refractivity contribution in [3.8, 4) is 0 Å². The number of hydrogen-bond donors (Lipinski definition) is 1. The van der Waals surface area contributed by atoms with E-state index in [1.54, 1.807) is 0 Å². The van der Waals surface area contributed by atoms with Crippen LogP contribution in [0.25, 0.3) is 0 Å². The second-order valence-corrected chi connectivity index (χ2v) is 7.37. The maximum Gasteiger partial charge on any atom is 0.0437 e. The first-order chi connectivity index (χ1) is 9.58. The van der Waals surface area contributed by atoms with Crippen molar-refractivity contribution >= 4 is 11.8 Å². The molecule has 20 heavy (non-hydrogen) atoms. The molecule has 2 atom stereocenters. The first-order valence-corrected chi connectivity index (χ1v) is 9.07. The second kappa shape index (κ2) is 9.46. The van der Waals surface area contributed by atoms with Crippen molar-refractivity contribution in [2.45, 2.75) is 58.8 Å². The highest BCUT2D eigenvalue weighted by atomic mass is 32.2.